The number of Topliss-reactive ketones (excluding diaryl/α,β-unsaturated/α-hetero) is 2. The van der Waals surface area contributed by atoms with Gasteiger partial charge in [0.2, 0.25) is 0 Å². The molecular formula is C24H23NO4. The van der Waals surface area contributed by atoms with E-state index in [1.54, 1.807) is 74.9 Å². The molecule has 148 valence electrons. The van der Waals surface area contributed by atoms with Gasteiger partial charge in [-0.3, -0.25) is 9.59 Å². The minimum Gasteiger partial charge on any atom is -0.497 e. The van der Waals surface area contributed by atoms with Gasteiger partial charge in [0.15, 0.2) is 11.6 Å². The first kappa shape index (κ1) is 20.1. The lowest BCUT2D eigenvalue weighted by atomic mass is 9.85. The molecule has 29 heavy (non-hydrogen) atoms. The summed E-state index contributed by atoms with van der Waals surface area (Å²) in [6, 6.07) is 20.9. The van der Waals surface area contributed by atoms with E-state index >= 15 is 0 Å². The number of hydrogen-bond donors (Lipinski definition) is 1. The van der Waals surface area contributed by atoms with E-state index in [9.17, 15) is 9.59 Å². The molecule has 5 heteroatoms. The van der Waals surface area contributed by atoms with Crippen molar-refractivity contribution in [2.75, 3.05) is 20.0 Å². The van der Waals surface area contributed by atoms with Crippen LogP contribution in [0.15, 0.2) is 72.8 Å². The molecule has 0 unspecified atom stereocenters. The summed E-state index contributed by atoms with van der Waals surface area (Å²) in [4.78, 5) is 26.2. The second-order valence-electron chi connectivity index (χ2n) is 6.63. The summed E-state index contributed by atoms with van der Waals surface area (Å²) in [5.74, 6) is 0.383. The van der Waals surface area contributed by atoms with E-state index in [0.717, 1.165) is 5.56 Å². The number of nitrogen functional groups attached to an aromatic ring is 1. The SMILES string of the molecule is COc1ccc(C(=O)C[C@@H](C(=O)c2ccccc2N)c2ccc(OC)cc2)cc1. The van der Waals surface area contributed by atoms with E-state index < -0.39 is 5.92 Å². The monoisotopic (exact) mass is 389 g/mol. The minimum atomic E-state index is -0.653. The molecule has 0 aliphatic heterocycles. The van der Waals surface area contributed by atoms with E-state index in [0.29, 0.717) is 28.3 Å². The highest BCUT2D eigenvalue weighted by Crippen LogP contribution is 2.30. The molecule has 2 N–H and O–H groups in total. The van der Waals surface area contributed by atoms with Crippen LogP contribution in [0.1, 0.15) is 38.6 Å². The fourth-order valence-electron chi connectivity index (χ4n) is 3.19. The molecule has 0 heterocycles. The Morgan fingerprint density at radius 2 is 1.38 bits per heavy atom. The fourth-order valence-corrected chi connectivity index (χ4v) is 3.19. The number of para-hydroxylation sites is 1. The Bertz CT molecular complexity index is 994. The number of methoxy groups -OCH3 is 2. The van der Waals surface area contributed by atoms with Gasteiger partial charge in [0.1, 0.15) is 11.5 Å². The van der Waals surface area contributed by atoms with Crippen molar-refractivity contribution < 1.29 is 19.1 Å². The van der Waals surface area contributed by atoms with Crippen molar-refractivity contribution >= 4 is 17.3 Å². The lowest BCUT2D eigenvalue weighted by molar-refractivity contribution is 0.0894. The van der Waals surface area contributed by atoms with Crippen LogP contribution < -0.4 is 15.2 Å². The van der Waals surface area contributed by atoms with Crippen LogP contribution in [0, 0.1) is 0 Å². The number of ketones is 2. The van der Waals surface area contributed by atoms with Gasteiger partial charge in [-0.2, -0.15) is 0 Å². The summed E-state index contributed by atoms with van der Waals surface area (Å²) < 4.78 is 10.3. The zero-order valence-electron chi connectivity index (χ0n) is 16.4. The molecule has 0 saturated heterocycles. The van der Waals surface area contributed by atoms with E-state index in [2.05, 4.69) is 0 Å². The van der Waals surface area contributed by atoms with Gasteiger partial charge >= 0.3 is 0 Å². The largest absolute Gasteiger partial charge is 0.497 e. The number of rotatable bonds is 8. The third-order valence-electron chi connectivity index (χ3n) is 4.86. The van der Waals surface area contributed by atoms with Crippen molar-refractivity contribution in [1.29, 1.82) is 0 Å². The van der Waals surface area contributed by atoms with Gasteiger partial charge in [0.05, 0.1) is 20.1 Å². The number of nitrogens with two attached hydrogens (primary N) is 1. The Morgan fingerprint density at radius 1 is 0.828 bits per heavy atom. The maximum atomic E-state index is 13.3. The Balaban J connectivity index is 1.94. The van der Waals surface area contributed by atoms with Crippen LogP contribution in [0.2, 0.25) is 0 Å². The Hall–Kier alpha value is -3.60. The summed E-state index contributed by atoms with van der Waals surface area (Å²) in [6.45, 7) is 0. The minimum absolute atomic E-state index is 0.0336. The molecule has 0 fully saturated rings. The van der Waals surface area contributed by atoms with E-state index in [-0.39, 0.29) is 18.0 Å². The number of anilines is 1. The maximum Gasteiger partial charge on any atom is 0.172 e. The van der Waals surface area contributed by atoms with Crippen LogP contribution in [-0.4, -0.2) is 25.8 Å². The van der Waals surface area contributed by atoms with Crippen LogP contribution in [0.4, 0.5) is 5.69 Å². The van der Waals surface area contributed by atoms with Crippen LogP contribution in [0.25, 0.3) is 0 Å². The average molecular weight is 389 g/mol. The first-order valence-electron chi connectivity index (χ1n) is 9.23. The van der Waals surface area contributed by atoms with Gasteiger partial charge in [-0.25, -0.2) is 0 Å². The van der Waals surface area contributed by atoms with Gasteiger partial charge in [-0.1, -0.05) is 24.3 Å². The van der Waals surface area contributed by atoms with Crippen LogP contribution in [0.5, 0.6) is 11.5 Å². The number of benzene rings is 3. The average Bonchev–Trinajstić information content (AvgIpc) is 2.77. The van der Waals surface area contributed by atoms with E-state index in [4.69, 9.17) is 15.2 Å². The summed E-state index contributed by atoms with van der Waals surface area (Å²) in [5.41, 5.74) is 8.09. The second kappa shape index (κ2) is 9.06. The third kappa shape index (κ3) is 4.63. The number of carbonyl (C=O) groups is 2. The lowest BCUT2D eigenvalue weighted by Gasteiger charge is -2.17. The van der Waals surface area contributed by atoms with Crippen LogP contribution >= 0.6 is 0 Å². The molecule has 0 aliphatic rings. The van der Waals surface area contributed by atoms with E-state index in [1.165, 1.54) is 0 Å². The Morgan fingerprint density at radius 3 is 1.93 bits per heavy atom. The van der Waals surface area contributed by atoms with Crippen LogP contribution in [0.3, 0.4) is 0 Å². The predicted molar refractivity (Wildman–Crippen MR) is 113 cm³/mol. The number of carbonyl (C=O) groups excluding carboxylic acids is 2. The predicted octanol–water partition coefficient (Wildman–Crippen LogP) is 4.53. The summed E-state index contributed by atoms with van der Waals surface area (Å²) >= 11 is 0. The molecule has 0 spiro atoms. The molecule has 0 aromatic heterocycles. The Labute approximate surface area is 170 Å². The molecule has 0 aliphatic carbocycles. The van der Waals surface area contributed by atoms with Crippen molar-refractivity contribution in [1.82, 2.24) is 0 Å². The van der Waals surface area contributed by atoms with Crippen molar-refractivity contribution in [3.05, 3.63) is 89.5 Å². The zero-order chi connectivity index (χ0) is 20.8. The molecule has 1 atom stereocenters. The first-order chi connectivity index (χ1) is 14.0. The van der Waals surface area contributed by atoms with Crippen molar-refractivity contribution in [2.45, 2.75) is 12.3 Å². The molecular weight excluding hydrogens is 366 g/mol. The molecule has 0 saturated carbocycles. The third-order valence-corrected chi connectivity index (χ3v) is 4.86. The fraction of sp³-hybridized carbons (Fsp3) is 0.167. The standard InChI is InChI=1S/C24H23NO4/c1-28-18-11-7-16(8-12-18)21(24(27)20-5-3-4-6-22(20)25)15-23(26)17-9-13-19(29-2)14-10-17/h3-14,21H,15,25H2,1-2H3/t21-/m1/s1. The van der Waals surface area contributed by atoms with Crippen molar-refractivity contribution in [3.63, 3.8) is 0 Å². The first-order valence-corrected chi connectivity index (χ1v) is 9.23. The normalized spacial score (nSPS) is 11.5. The molecule has 3 aromatic carbocycles. The van der Waals surface area contributed by atoms with Crippen molar-refractivity contribution in [3.8, 4) is 11.5 Å². The molecule has 0 radical (unpaired) electrons. The summed E-state index contributed by atoms with van der Waals surface area (Å²) in [6.07, 6.45) is 0.0336. The van der Waals surface area contributed by atoms with E-state index in [1.807, 2.05) is 12.1 Å². The molecule has 5 nitrogen and oxygen atoms in total. The molecule has 3 aromatic rings. The highest BCUT2D eigenvalue weighted by atomic mass is 16.5. The maximum absolute atomic E-state index is 13.3. The smallest absolute Gasteiger partial charge is 0.172 e. The summed E-state index contributed by atoms with van der Waals surface area (Å²) in [7, 11) is 3.15. The van der Waals surface area contributed by atoms with Gasteiger partial charge in [-0.15, -0.1) is 0 Å². The molecule has 0 bridgehead atoms. The lowest BCUT2D eigenvalue weighted by Crippen LogP contribution is -2.18. The number of ether oxygens (including phenoxy) is 2. The van der Waals surface area contributed by atoms with Gasteiger partial charge in [0.25, 0.3) is 0 Å². The second-order valence-corrected chi connectivity index (χ2v) is 6.63. The Kier molecular flexibility index (Phi) is 6.29. The number of hydrogen-bond acceptors (Lipinski definition) is 5. The van der Waals surface area contributed by atoms with Gasteiger partial charge in [-0.05, 0) is 54.1 Å². The van der Waals surface area contributed by atoms with Crippen molar-refractivity contribution in [2.24, 2.45) is 0 Å². The van der Waals surface area contributed by atoms with Gasteiger partial charge < -0.3 is 15.2 Å². The summed E-state index contributed by atoms with van der Waals surface area (Å²) in [5, 5.41) is 0. The topological polar surface area (TPSA) is 78.6 Å². The van der Waals surface area contributed by atoms with Gasteiger partial charge in [0, 0.05) is 23.2 Å². The van der Waals surface area contributed by atoms with Crippen LogP contribution in [-0.2, 0) is 0 Å². The highest BCUT2D eigenvalue weighted by molar-refractivity contribution is 6.08. The zero-order valence-corrected chi connectivity index (χ0v) is 16.4. The highest BCUT2D eigenvalue weighted by Gasteiger charge is 2.26. The quantitative estimate of drug-likeness (QED) is 0.452. The molecule has 3 rings (SSSR count). The molecule has 0 amide bonds.